The lowest BCUT2D eigenvalue weighted by Crippen LogP contribution is -2.52. The molecule has 1 saturated heterocycles. The summed E-state index contributed by atoms with van der Waals surface area (Å²) < 4.78 is 19.0. The minimum atomic E-state index is -2.56. The van der Waals surface area contributed by atoms with Crippen LogP contribution in [0.15, 0.2) is 115 Å². The third-order valence-electron chi connectivity index (χ3n) is 12.7. The molecule has 10 nitrogen and oxygen atoms in total. The zero-order chi connectivity index (χ0) is 39.6. The second-order valence-electron chi connectivity index (χ2n) is 16.1. The van der Waals surface area contributed by atoms with Crippen molar-refractivity contribution >= 4 is 48.0 Å². The van der Waals surface area contributed by atoms with Crippen LogP contribution in [0.2, 0.25) is 18.6 Å². The molecule has 4 aliphatic heterocycles. The van der Waals surface area contributed by atoms with Gasteiger partial charge in [-0.1, -0.05) is 85.9 Å². The van der Waals surface area contributed by atoms with Gasteiger partial charge in [0.25, 0.3) is 11.8 Å². The van der Waals surface area contributed by atoms with Crippen molar-refractivity contribution in [1.82, 2.24) is 4.90 Å². The number of carbonyl (C=O) groups excluding carboxylic acids is 3. The maximum absolute atomic E-state index is 14.6. The molecule has 1 fully saturated rings. The summed E-state index contributed by atoms with van der Waals surface area (Å²) in [6, 6.07) is 35.9. The van der Waals surface area contributed by atoms with Crippen molar-refractivity contribution in [2.24, 2.45) is 5.92 Å². The van der Waals surface area contributed by atoms with E-state index in [0.29, 0.717) is 52.7 Å². The number of nitrogens with zero attached hydrogens (tertiary/aromatic N) is 2. The van der Waals surface area contributed by atoms with Gasteiger partial charge in [0.2, 0.25) is 5.91 Å². The molecular weight excluding hydrogens is 735 g/mol. The molecule has 5 atom stereocenters. The highest BCUT2D eigenvalue weighted by Crippen LogP contribution is 2.59. The lowest BCUT2D eigenvalue weighted by atomic mass is 9.82. The topological polar surface area (TPSA) is 118 Å². The Labute approximate surface area is 333 Å². The Morgan fingerprint density at radius 2 is 1.61 bits per heavy atom. The van der Waals surface area contributed by atoms with Crippen LogP contribution < -0.4 is 24.9 Å². The van der Waals surface area contributed by atoms with E-state index in [1.807, 2.05) is 84.9 Å². The first kappa shape index (κ1) is 36.9. The number of para-hydroxylation sites is 3. The maximum Gasteiger partial charge on any atom is 0.266 e. The van der Waals surface area contributed by atoms with Gasteiger partial charge in [0.05, 0.1) is 51.6 Å². The fraction of sp³-hybridized carbons (Fsp3) is 0.283. The minimum absolute atomic E-state index is 0.0381. The van der Waals surface area contributed by atoms with Gasteiger partial charge in [0, 0.05) is 29.4 Å². The average molecular weight is 780 g/mol. The van der Waals surface area contributed by atoms with Gasteiger partial charge in [-0.25, -0.2) is 0 Å². The van der Waals surface area contributed by atoms with Crippen LogP contribution in [0.5, 0.6) is 17.2 Å². The molecule has 4 aliphatic rings. The number of nitrogens with one attached hydrogen (secondary N) is 1. The maximum atomic E-state index is 14.6. The van der Waals surface area contributed by atoms with Crippen LogP contribution in [0.3, 0.4) is 0 Å². The van der Waals surface area contributed by atoms with E-state index in [1.165, 1.54) is 0 Å². The molecule has 0 aromatic heterocycles. The summed E-state index contributed by atoms with van der Waals surface area (Å²) in [5, 5.41) is 14.8. The smallest absolute Gasteiger partial charge is 0.266 e. The number of anilines is 3. The second-order valence-corrected chi connectivity index (χ2v) is 20.8. The molecule has 0 aliphatic carbocycles. The van der Waals surface area contributed by atoms with Gasteiger partial charge in [-0.05, 0) is 77.7 Å². The van der Waals surface area contributed by atoms with Crippen LogP contribution in [0, 0.1) is 5.92 Å². The molecule has 0 saturated carbocycles. The minimum Gasteiger partial charge on any atom is -0.497 e. The number of hydrogen-bond acceptors (Lipinski definition) is 7. The first-order valence-corrected chi connectivity index (χ1v) is 22.6. The summed E-state index contributed by atoms with van der Waals surface area (Å²) >= 11 is 0. The van der Waals surface area contributed by atoms with E-state index >= 15 is 0 Å². The summed E-state index contributed by atoms with van der Waals surface area (Å²) in [6.07, 6.45) is -0.0308. The fourth-order valence-corrected chi connectivity index (χ4v) is 13.9. The molecule has 11 heteroatoms. The number of carbonyl (C=O) groups is 3. The number of aliphatic hydroxyl groups excluding tert-OH is 1. The molecule has 0 unspecified atom stereocenters. The molecule has 1 spiro atoms. The van der Waals surface area contributed by atoms with Crippen molar-refractivity contribution < 1.29 is 33.7 Å². The number of fused-ring (bicyclic) bond motifs is 5. The number of amides is 3. The summed E-state index contributed by atoms with van der Waals surface area (Å²) in [5.74, 6) is 0.676. The van der Waals surface area contributed by atoms with Crippen LogP contribution >= 0.6 is 0 Å². The standard InChI is InChI=1S/C46H45N3O7Si/c1-28-43(57(3,4)34-20-18-33(54-2)19-21-34)41(25-42(51)48-26-30-12-6-5-11-29(30)23-32(48)27-50)56-46(28)36-24-31(17-22-37(36)47-45(46)53)49-38-14-8-10-16-40(38)55-39-15-9-7-13-35(39)44(49)52/h5-22,24,28,32,41,43,50H,23,25-27H2,1-4H3,(H,47,53)/t28-,32+,41+,43-,46+/m1/s1. The highest BCUT2D eigenvalue weighted by atomic mass is 28.3. The zero-order valence-corrected chi connectivity index (χ0v) is 33.4. The molecule has 0 bridgehead atoms. The van der Waals surface area contributed by atoms with Crippen molar-refractivity contribution in [3.05, 3.63) is 138 Å². The summed E-state index contributed by atoms with van der Waals surface area (Å²) in [6.45, 7) is 6.85. The Balaban J connectivity index is 1.14. The number of methoxy groups -OCH3 is 1. The number of ether oxygens (including phenoxy) is 3. The van der Waals surface area contributed by atoms with E-state index in [-0.39, 0.29) is 48.3 Å². The predicted octanol–water partition coefficient (Wildman–Crippen LogP) is 7.28. The highest BCUT2D eigenvalue weighted by molar-refractivity contribution is 6.91. The Morgan fingerprint density at radius 1 is 0.912 bits per heavy atom. The van der Waals surface area contributed by atoms with Crippen LogP contribution in [0.4, 0.5) is 17.1 Å². The lowest BCUT2D eigenvalue weighted by Gasteiger charge is -2.39. The van der Waals surface area contributed by atoms with E-state index in [4.69, 9.17) is 14.2 Å². The van der Waals surface area contributed by atoms with E-state index < -0.39 is 19.8 Å². The number of rotatable bonds is 7. The van der Waals surface area contributed by atoms with Gasteiger partial charge in [0.1, 0.15) is 11.5 Å². The normalized spacial score (nSPS) is 23.5. The number of hydrogen-bond donors (Lipinski definition) is 2. The molecule has 5 aromatic carbocycles. The number of aliphatic hydroxyl groups is 1. The molecule has 2 N–H and O–H groups in total. The zero-order valence-electron chi connectivity index (χ0n) is 32.4. The van der Waals surface area contributed by atoms with Crippen molar-refractivity contribution in [3.8, 4) is 17.2 Å². The second kappa shape index (κ2) is 14.0. The van der Waals surface area contributed by atoms with Crippen LogP contribution in [0.25, 0.3) is 0 Å². The van der Waals surface area contributed by atoms with Gasteiger partial charge < -0.3 is 29.5 Å². The molecule has 9 rings (SSSR count). The van der Waals surface area contributed by atoms with Crippen LogP contribution in [-0.4, -0.2) is 61.7 Å². The molecule has 0 radical (unpaired) electrons. The van der Waals surface area contributed by atoms with Gasteiger partial charge in [-0.15, -0.1) is 0 Å². The molecule has 57 heavy (non-hydrogen) atoms. The Kier molecular flexibility index (Phi) is 9.06. The number of benzene rings is 5. The quantitative estimate of drug-likeness (QED) is 0.167. The van der Waals surface area contributed by atoms with Crippen molar-refractivity contribution in [3.63, 3.8) is 0 Å². The van der Waals surface area contributed by atoms with E-state index in [1.54, 1.807) is 29.0 Å². The van der Waals surface area contributed by atoms with Crippen LogP contribution in [-0.2, 0) is 32.9 Å². The van der Waals surface area contributed by atoms with E-state index in [9.17, 15) is 19.5 Å². The van der Waals surface area contributed by atoms with Crippen molar-refractivity contribution in [2.75, 3.05) is 23.9 Å². The largest absolute Gasteiger partial charge is 0.497 e. The van der Waals surface area contributed by atoms with Gasteiger partial charge >= 0.3 is 0 Å². The molecule has 3 amide bonds. The highest BCUT2D eigenvalue weighted by Gasteiger charge is 2.65. The molecule has 4 heterocycles. The van der Waals surface area contributed by atoms with Gasteiger partial charge in [-0.3, -0.25) is 19.3 Å². The average Bonchev–Trinajstić information content (AvgIpc) is 3.64. The monoisotopic (exact) mass is 779 g/mol. The van der Waals surface area contributed by atoms with Gasteiger partial charge in [-0.2, -0.15) is 0 Å². The van der Waals surface area contributed by atoms with Gasteiger partial charge in [0.15, 0.2) is 11.4 Å². The van der Waals surface area contributed by atoms with E-state index in [0.717, 1.165) is 22.1 Å². The third-order valence-corrected chi connectivity index (χ3v) is 17.1. The van der Waals surface area contributed by atoms with Crippen LogP contribution in [0.1, 0.15) is 40.4 Å². The first-order valence-electron chi connectivity index (χ1n) is 19.5. The summed E-state index contributed by atoms with van der Waals surface area (Å²) in [4.78, 5) is 47.1. The van der Waals surface area contributed by atoms with Crippen molar-refractivity contribution in [1.29, 1.82) is 0 Å². The summed E-state index contributed by atoms with van der Waals surface area (Å²) in [5.41, 5.74) is 3.31. The molecular formula is C46H45N3O7Si. The van der Waals surface area contributed by atoms with Crippen molar-refractivity contribution in [2.45, 2.75) is 62.7 Å². The third kappa shape index (κ3) is 5.86. The first-order chi connectivity index (χ1) is 27.5. The predicted molar refractivity (Wildman–Crippen MR) is 220 cm³/mol. The Hall–Kier alpha value is -5.75. The fourth-order valence-electron chi connectivity index (χ4n) is 9.86. The summed E-state index contributed by atoms with van der Waals surface area (Å²) in [7, 11) is -0.923. The SMILES string of the molecule is COc1ccc([Si](C)(C)[C@H]2[C@H](CC(=O)N3Cc4ccccc4C[C@H]3CO)O[C@@]3(C(=O)Nc4ccc(N5C(=O)c6ccccc6Oc6ccccc65)cc43)[C@@H]2C)cc1. The Bertz CT molecular complexity index is 2420. The lowest BCUT2D eigenvalue weighted by molar-refractivity contribution is -0.149. The van der Waals surface area contributed by atoms with E-state index in [2.05, 4.69) is 43.5 Å². The molecule has 5 aromatic rings. The Morgan fingerprint density at radius 3 is 2.37 bits per heavy atom. The molecule has 290 valence electrons.